The summed E-state index contributed by atoms with van der Waals surface area (Å²) in [6.07, 6.45) is 3.31. The van der Waals surface area contributed by atoms with Crippen LogP contribution in [0.15, 0.2) is 54.6 Å². The summed E-state index contributed by atoms with van der Waals surface area (Å²) >= 11 is 0. The quantitative estimate of drug-likeness (QED) is 0.636. The molecule has 0 N–H and O–H groups in total. The van der Waals surface area contributed by atoms with Crippen LogP contribution in [0.4, 0.5) is 0 Å². The Morgan fingerprint density at radius 2 is 2.00 bits per heavy atom. The van der Waals surface area contributed by atoms with Gasteiger partial charge in [-0.3, -0.25) is 0 Å². The Labute approximate surface area is 141 Å². The van der Waals surface area contributed by atoms with Gasteiger partial charge in [0.25, 0.3) is 0 Å². The van der Waals surface area contributed by atoms with Gasteiger partial charge in [0.1, 0.15) is 5.75 Å². The molecule has 0 unspecified atom stereocenters. The summed E-state index contributed by atoms with van der Waals surface area (Å²) in [6.45, 7) is 6.85. The second-order valence-electron chi connectivity index (χ2n) is 6.28. The highest BCUT2D eigenvalue weighted by molar-refractivity contribution is 5.63. The Balaban J connectivity index is 1.67. The molecule has 0 amide bonds. The maximum Gasteiger partial charge on any atom is 0.156 e. The lowest BCUT2D eigenvalue weighted by atomic mass is 10.1. The van der Waals surface area contributed by atoms with Gasteiger partial charge in [-0.25, -0.2) is 9.50 Å². The number of fused-ring (bicyclic) bond motifs is 1. The summed E-state index contributed by atoms with van der Waals surface area (Å²) in [4.78, 5) is 4.66. The Morgan fingerprint density at radius 1 is 1.21 bits per heavy atom. The van der Waals surface area contributed by atoms with Gasteiger partial charge in [0.2, 0.25) is 0 Å². The molecule has 0 bridgehead atoms. The average molecular weight is 319 g/mol. The molecule has 4 nitrogen and oxygen atoms in total. The molecule has 0 aliphatic heterocycles. The largest absolute Gasteiger partial charge is 0.494 e. The predicted octanol–water partition coefficient (Wildman–Crippen LogP) is 4.30. The van der Waals surface area contributed by atoms with E-state index < -0.39 is 0 Å². The number of benzene rings is 1. The van der Waals surface area contributed by atoms with Crippen LogP contribution in [0.2, 0.25) is 0 Å². The van der Waals surface area contributed by atoms with Crippen molar-refractivity contribution in [3.05, 3.63) is 60.4 Å². The fourth-order valence-electron chi connectivity index (χ4n) is 2.97. The molecule has 1 aliphatic rings. The van der Waals surface area contributed by atoms with Crippen LogP contribution in [0, 0.1) is 5.92 Å². The van der Waals surface area contributed by atoms with Crippen molar-refractivity contribution in [3.8, 4) is 17.0 Å². The van der Waals surface area contributed by atoms with Crippen LogP contribution >= 0.6 is 0 Å². The van der Waals surface area contributed by atoms with Crippen LogP contribution in [-0.4, -0.2) is 21.2 Å². The lowest BCUT2D eigenvalue weighted by Gasteiger charge is -2.06. The van der Waals surface area contributed by atoms with E-state index in [2.05, 4.69) is 29.8 Å². The molecule has 0 saturated heterocycles. The number of pyridine rings is 1. The van der Waals surface area contributed by atoms with Crippen molar-refractivity contribution in [2.24, 2.45) is 5.92 Å². The van der Waals surface area contributed by atoms with Crippen molar-refractivity contribution in [1.82, 2.24) is 14.6 Å². The molecule has 2 aromatic heterocycles. The van der Waals surface area contributed by atoms with E-state index in [-0.39, 0.29) is 0 Å². The average Bonchev–Trinajstić information content (AvgIpc) is 3.36. The van der Waals surface area contributed by atoms with Gasteiger partial charge in [-0.2, -0.15) is 5.10 Å². The van der Waals surface area contributed by atoms with Gasteiger partial charge < -0.3 is 4.74 Å². The molecule has 1 aromatic carbocycles. The zero-order valence-electron chi connectivity index (χ0n) is 13.9. The van der Waals surface area contributed by atoms with Crippen molar-refractivity contribution >= 4 is 5.65 Å². The molecule has 1 saturated carbocycles. The molecule has 0 atom stereocenters. The third kappa shape index (κ3) is 2.92. The van der Waals surface area contributed by atoms with Crippen molar-refractivity contribution in [2.45, 2.75) is 26.2 Å². The SMILES string of the molecule is C=C(Cc1nc2cccc(-c3ccc(OCC)cc3)n2n1)C1CC1. The normalized spacial score (nSPS) is 14.0. The van der Waals surface area contributed by atoms with Gasteiger partial charge in [0.15, 0.2) is 11.5 Å². The standard InChI is InChI=1S/C20H21N3O/c1-3-24-17-11-9-16(10-12-17)18-5-4-6-20-21-19(22-23(18)20)13-14(2)15-7-8-15/h4-6,9-12,15H,2-3,7-8,13H2,1H3. The number of nitrogens with zero attached hydrogens (tertiary/aromatic N) is 3. The summed E-state index contributed by atoms with van der Waals surface area (Å²) in [7, 11) is 0. The summed E-state index contributed by atoms with van der Waals surface area (Å²) < 4.78 is 7.44. The second-order valence-corrected chi connectivity index (χ2v) is 6.28. The first-order valence-corrected chi connectivity index (χ1v) is 8.50. The highest BCUT2D eigenvalue weighted by atomic mass is 16.5. The number of rotatable bonds is 6. The monoisotopic (exact) mass is 319 g/mol. The Morgan fingerprint density at radius 3 is 2.71 bits per heavy atom. The molecule has 122 valence electrons. The molecule has 4 rings (SSSR count). The highest BCUT2D eigenvalue weighted by Crippen LogP contribution is 2.36. The minimum atomic E-state index is 0.673. The first-order valence-electron chi connectivity index (χ1n) is 8.50. The maximum atomic E-state index is 5.52. The number of ether oxygens (including phenoxy) is 1. The Bertz CT molecular complexity index is 876. The van der Waals surface area contributed by atoms with Crippen LogP contribution < -0.4 is 4.74 Å². The van der Waals surface area contributed by atoms with Crippen molar-refractivity contribution in [1.29, 1.82) is 0 Å². The molecule has 1 fully saturated rings. The zero-order valence-corrected chi connectivity index (χ0v) is 13.9. The highest BCUT2D eigenvalue weighted by Gasteiger charge is 2.25. The molecule has 4 heteroatoms. The minimum Gasteiger partial charge on any atom is -0.494 e. The Hall–Kier alpha value is -2.62. The molecule has 2 heterocycles. The first kappa shape index (κ1) is 14.9. The maximum absolute atomic E-state index is 5.52. The summed E-state index contributed by atoms with van der Waals surface area (Å²) in [6, 6.07) is 14.2. The van der Waals surface area contributed by atoms with Crippen molar-refractivity contribution in [2.75, 3.05) is 6.61 Å². The van der Waals surface area contributed by atoms with E-state index >= 15 is 0 Å². The molecule has 3 aromatic rings. The number of aromatic nitrogens is 3. The van der Waals surface area contributed by atoms with Gasteiger partial charge in [-0.05, 0) is 62.1 Å². The molecule has 24 heavy (non-hydrogen) atoms. The van der Waals surface area contributed by atoms with Gasteiger partial charge in [-0.15, -0.1) is 0 Å². The first-order chi connectivity index (χ1) is 11.7. The van der Waals surface area contributed by atoms with E-state index in [4.69, 9.17) is 9.84 Å². The minimum absolute atomic E-state index is 0.673. The van der Waals surface area contributed by atoms with Gasteiger partial charge in [0, 0.05) is 12.0 Å². The third-order valence-corrected chi connectivity index (χ3v) is 4.40. The van der Waals surface area contributed by atoms with Gasteiger partial charge in [-0.1, -0.05) is 18.2 Å². The predicted molar refractivity (Wildman–Crippen MR) is 95.2 cm³/mol. The number of hydrogen-bond acceptors (Lipinski definition) is 3. The van der Waals surface area contributed by atoms with Crippen LogP contribution in [0.1, 0.15) is 25.6 Å². The van der Waals surface area contributed by atoms with E-state index in [1.165, 1.54) is 18.4 Å². The lowest BCUT2D eigenvalue weighted by Crippen LogP contribution is -1.97. The Kier molecular flexibility index (Phi) is 3.81. The van der Waals surface area contributed by atoms with E-state index in [0.29, 0.717) is 12.5 Å². The fourth-order valence-corrected chi connectivity index (χ4v) is 2.97. The van der Waals surface area contributed by atoms with Crippen LogP contribution in [-0.2, 0) is 6.42 Å². The zero-order chi connectivity index (χ0) is 16.5. The van der Waals surface area contributed by atoms with Gasteiger partial charge in [0.05, 0.1) is 12.3 Å². The van der Waals surface area contributed by atoms with E-state index in [1.54, 1.807) is 0 Å². The van der Waals surface area contributed by atoms with Crippen molar-refractivity contribution < 1.29 is 4.74 Å². The van der Waals surface area contributed by atoms with Crippen LogP contribution in [0.5, 0.6) is 5.75 Å². The summed E-state index contributed by atoms with van der Waals surface area (Å²) in [5, 5.41) is 4.71. The van der Waals surface area contributed by atoms with Crippen LogP contribution in [0.25, 0.3) is 16.9 Å². The summed E-state index contributed by atoms with van der Waals surface area (Å²) in [5.74, 6) is 2.42. The van der Waals surface area contributed by atoms with E-state index in [1.807, 2.05) is 35.7 Å². The van der Waals surface area contributed by atoms with E-state index in [9.17, 15) is 0 Å². The summed E-state index contributed by atoms with van der Waals surface area (Å²) in [5.41, 5.74) is 4.27. The third-order valence-electron chi connectivity index (χ3n) is 4.40. The molecular formula is C20H21N3O. The molecular weight excluding hydrogens is 298 g/mol. The smallest absolute Gasteiger partial charge is 0.156 e. The lowest BCUT2D eigenvalue weighted by molar-refractivity contribution is 0.340. The van der Waals surface area contributed by atoms with Crippen molar-refractivity contribution in [3.63, 3.8) is 0 Å². The molecule has 0 radical (unpaired) electrons. The van der Waals surface area contributed by atoms with E-state index in [0.717, 1.165) is 34.9 Å². The topological polar surface area (TPSA) is 39.4 Å². The fraction of sp³-hybridized carbons (Fsp3) is 0.300. The number of hydrogen-bond donors (Lipinski definition) is 0. The second kappa shape index (κ2) is 6.11. The number of allylic oxidation sites excluding steroid dienone is 1. The molecule has 0 spiro atoms. The van der Waals surface area contributed by atoms with Gasteiger partial charge >= 0.3 is 0 Å². The van der Waals surface area contributed by atoms with Crippen LogP contribution in [0.3, 0.4) is 0 Å². The molecule has 1 aliphatic carbocycles.